The molecule has 2 bridgehead atoms. The number of rotatable bonds is 2. The molecule has 2 atom stereocenters. The highest BCUT2D eigenvalue weighted by molar-refractivity contribution is 7.92. The van der Waals surface area contributed by atoms with Gasteiger partial charge in [-0.05, 0) is 20.3 Å². The third-order valence-corrected chi connectivity index (χ3v) is 6.34. The molecule has 104 valence electrons. The van der Waals surface area contributed by atoms with Gasteiger partial charge in [-0.25, -0.2) is 8.42 Å². The van der Waals surface area contributed by atoms with E-state index in [1.165, 1.54) is 0 Å². The first-order valence-corrected chi connectivity index (χ1v) is 8.03. The van der Waals surface area contributed by atoms with E-state index in [4.69, 9.17) is 4.52 Å². The maximum Gasteiger partial charge on any atom is 0.227 e. The predicted molar refractivity (Wildman–Crippen MR) is 67.4 cm³/mol. The number of sulfone groups is 1. The van der Waals surface area contributed by atoms with Crippen molar-refractivity contribution < 1.29 is 17.7 Å². The van der Waals surface area contributed by atoms with Crippen molar-refractivity contribution in [3.8, 4) is 0 Å². The lowest BCUT2D eigenvalue weighted by Gasteiger charge is -2.26. The van der Waals surface area contributed by atoms with Gasteiger partial charge in [0.25, 0.3) is 0 Å². The third kappa shape index (κ3) is 1.96. The molecule has 0 saturated carbocycles. The van der Waals surface area contributed by atoms with E-state index in [-0.39, 0.29) is 29.4 Å². The van der Waals surface area contributed by atoms with Crippen molar-refractivity contribution in [2.45, 2.75) is 38.0 Å². The molecule has 3 rings (SSSR count). The summed E-state index contributed by atoms with van der Waals surface area (Å²) in [5, 5.41) is 3.47. The van der Waals surface area contributed by atoms with Crippen LogP contribution in [0, 0.1) is 13.8 Å². The van der Waals surface area contributed by atoms with Crippen molar-refractivity contribution in [3.05, 3.63) is 17.0 Å². The Morgan fingerprint density at radius 3 is 2.68 bits per heavy atom. The minimum Gasteiger partial charge on any atom is -0.361 e. The van der Waals surface area contributed by atoms with Crippen LogP contribution in [-0.2, 0) is 21.1 Å². The summed E-state index contributed by atoms with van der Waals surface area (Å²) < 4.78 is 28.3. The molecule has 1 aromatic rings. The van der Waals surface area contributed by atoms with Crippen molar-refractivity contribution in [1.29, 1.82) is 0 Å². The fourth-order valence-corrected chi connectivity index (χ4v) is 5.04. The summed E-state index contributed by atoms with van der Waals surface area (Å²) in [5.41, 5.74) is 1.54. The van der Waals surface area contributed by atoms with Crippen molar-refractivity contribution in [3.63, 3.8) is 0 Å². The van der Waals surface area contributed by atoms with Crippen LogP contribution in [0.4, 0.5) is 0 Å². The highest BCUT2D eigenvalue weighted by Gasteiger charge is 2.49. The smallest absolute Gasteiger partial charge is 0.227 e. The molecule has 0 aromatic carbocycles. The van der Waals surface area contributed by atoms with Gasteiger partial charge in [-0.3, -0.25) is 4.79 Å². The number of amides is 1. The quantitative estimate of drug-likeness (QED) is 0.776. The molecule has 2 aliphatic rings. The topological polar surface area (TPSA) is 80.5 Å². The zero-order valence-electron chi connectivity index (χ0n) is 10.9. The Morgan fingerprint density at radius 2 is 2.21 bits per heavy atom. The van der Waals surface area contributed by atoms with Crippen LogP contribution >= 0.6 is 0 Å². The van der Waals surface area contributed by atoms with Crippen molar-refractivity contribution in [2.75, 3.05) is 12.3 Å². The Morgan fingerprint density at radius 1 is 1.47 bits per heavy atom. The fraction of sp³-hybridized carbons (Fsp3) is 0.667. The number of hydrogen-bond acceptors (Lipinski definition) is 5. The van der Waals surface area contributed by atoms with Crippen molar-refractivity contribution in [1.82, 2.24) is 10.1 Å². The number of nitrogens with zero attached hydrogens (tertiary/aromatic N) is 2. The van der Waals surface area contributed by atoms with Crippen LogP contribution in [0.25, 0.3) is 0 Å². The lowest BCUT2D eigenvalue weighted by molar-refractivity contribution is -0.131. The van der Waals surface area contributed by atoms with Crippen LogP contribution in [0.2, 0.25) is 0 Å². The van der Waals surface area contributed by atoms with E-state index >= 15 is 0 Å². The van der Waals surface area contributed by atoms with Crippen LogP contribution in [0.1, 0.15) is 23.4 Å². The number of aromatic nitrogens is 1. The van der Waals surface area contributed by atoms with E-state index in [9.17, 15) is 13.2 Å². The second-order valence-corrected chi connectivity index (χ2v) is 7.69. The summed E-state index contributed by atoms with van der Waals surface area (Å²) in [5.74, 6) is 0.741. The van der Waals surface area contributed by atoms with Crippen LogP contribution in [0.3, 0.4) is 0 Å². The number of fused-ring (bicyclic) bond motifs is 2. The fourth-order valence-electron chi connectivity index (χ4n) is 3.01. The van der Waals surface area contributed by atoms with Crippen molar-refractivity contribution >= 4 is 15.7 Å². The van der Waals surface area contributed by atoms with Gasteiger partial charge in [-0.1, -0.05) is 5.16 Å². The Labute approximate surface area is 111 Å². The second-order valence-electron chi connectivity index (χ2n) is 5.37. The van der Waals surface area contributed by atoms with E-state index in [0.29, 0.717) is 18.7 Å². The van der Waals surface area contributed by atoms with Crippen LogP contribution in [-0.4, -0.2) is 48.0 Å². The molecular formula is C12H16N2O4S. The Kier molecular flexibility index (Phi) is 2.70. The first-order chi connectivity index (χ1) is 8.88. The molecule has 1 aromatic heterocycles. The number of hydrogen-bond donors (Lipinski definition) is 0. The Balaban J connectivity index is 1.74. The zero-order valence-corrected chi connectivity index (χ0v) is 11.7. The van der Waals surface area contributed by atoms with Crippen LogP contribution < -0.4 is 0 Å². The normalized spacial score (nSPS) is 28.0. The zero-order chi connectivity index (χ0) is 13.8. The Hall–Kier alpha value is -1.37. The number of carbonyl (C=O) groups excluding carboxylic acids is 1. The Bertz CT molecular complexity index is 615. The maximum atomic E-state index is 12.3. The molecule has 0 aliphatic carbocycles. The lowest BCUT2D eigenvalue weighted by Crippen LogP contribution is -2.44. The molecule has 2 saturated heterocycles. The third-order valence-electron chi connectivity index (χ3n) is 4.14. The summed E-state index contributed by atoms with van der Waals surface area (Å²) >= 11 is 0. The molecule has 6 nitrogen and oxygen atoms in total. The van der Waals surface area contributed by atoms with Gasteiger partial charge in [-0.15, -0.1) is 0 Å². The maximum absolute atomic E-state index is 12.3. The van der Waals surface area contributed by atoms with E-state index in [1.54, 1.807) is 18.7 Å². The van der Waals surface area contributed by atoms with Gasteiger partial charge in [0.2, 0.25) is 5.91 Å². The van der Waals surface area contributed by atoms with Gasteiger partial charge in [-0.2, -0.15) is 0 Å². The number of carbonyl (C=O) groups is 1. The highest BCUT2D eigenvalue weighted by Crippen LogP contribution is 2.33. The van der Waals surface area contributed by atoms with Gasteiger partial charge >= 0.3 is 0 Å². The average molecular weight is 284 g/mol. The summed E-state index contributed by atoms with van der Waals surface area (Å²) in [6, 6.07) is -0.136. The molecule has 2 fully saturated rings. The standard InChI is InChI=1S/C12H16N2O4S/c1-7-11(8(2)18-13-7)4-12(15)14-5-10-3-9(14)6-19(10,16)17/h9-10H,3-6H2,1-2H3. The SMILES string of the molecule is Cc1noc(C)c1CC(=O)N1CC2CC1CS2(=O)=O. The molecule has 3 heterocycles. The monoisotopic (exact) mass is 284 g/mol. The molecule has 7 heteroatoms. The molecule has 0 spiro atoms. The largest absolute Gasteiger partial charge is 0.361 e. The molecular weight excluding hydrogens is 268 g/mol. The summed E-state index contributed by atoms with van der Waals surface area (Å²) in [6.45, 7) is 3.93. The van der Waals surface area contributed by atoms with Crippen molar-refractivity contribution in [2.24, 2.45) is 0 Å². The van der Waals surface area contributed by atoms with Crippen LogP contribution in [0.15, 0.2) is 4.52 Å². The van der Waals surface area contributed by atoms with Gasteiger partial charge in [0.05, 0.1) is 23.1 Å². The van der Waals surface area contributed by atoms with Gasteiger partial charge in [0, 0.05) is 18.2 Å². The van der Waals surface area contributed by atoms with Gasteiger partial charge < -0.3 is 9.42 Å². The minimum absolute atomic E-state index is 0.0307. The molecule has 1 amide bonds. The highest BCUT2D eigenvalue weighted by atomic mass is 32.2. The van der Waals surface area contributed by atoms with E-state index in [2.05, 4.69) is 5.16 Å². The average Bonchev–Trinajstić information content (AvgIpc) is 2.95. The molecule has 2 unspecified atom stereocenters. The summed E-state index contributed by atoms with van der Waals surface area (Å²) in [4.78, 5) is 14.0. The predicted octanol–water partition coefficient (Wildman–Crippen LogP) is 0.232. The molecule has 19 heavy (non-hydrogen) atoms. The van der Waals surface area contributed by atoms with E-state index in [1.807, 2.05) is 0 Å². The van der Waals surface area contributed by atoms with E-state index in [0.717, 1.165) is 11.3 Å². The van der Waals surface area contributed by atoms with E-state index < -0.39 is 9.84 Å². The van der Waals surface area contributed by atoms with Gasteiger partial charge in [0.15, 0.2) is 9.84 Å². The van der Waals surface area contributed by atoms with Gasteiger partial charge in [0.1, 0.15) is 5.76 Å². The molecule has 0 N–H and O–H groups in total. The molecule has 0 radical (unpaired) electrons. The first kappa shape index (κ1) is 12.7. The number of aryl methyl sites for hydroxylation is 2. The minimum atomic E-state index is -2.96. The second kappa shape index (κ2) is 4.06. The lowest BCUT2D eigenvalue weighted by atomic mass is 10.1. The number of likely N-dealkylation sites (tertiary alicyclic amines) is 1. The van der Waals surface area contributed by atoms with Crippen LogP contribution in [0.5, 0.6) is 0 Å². The molecule has 2 aliphatic heterocycles. The summed E-state index contributed by atoms with van der Waals surface area (Å²) in [7, 11) is -2.96. The first-order valence-electron chi connectivity index (χ1n) is 6.31. The summed E-state index contributed by atoms with van der Waals surface area (Å²) in [6.07, 6.45) is 0.833.